The lowest BCUT2D eigenvalue weighted by atomic mass is 10.0. The molecule has 2 N–H and O–H groups in total. The van der Waals surface area contributed by atoms with Crippen molar-refractivity contribution in [3.8, 4) is 0 Å². The lowest BCUT2D eigenvalue weighted by Crippen LogP contribution is -2.32. The van der Waals surface area contributed by atoms with Crippen LogP contribution in [0.25, 0.3) is 0 Å². The van der Waals surface area contributed by atoms with Crippen LogP contribution in [0.4, 0.5) is 8.78 Å². The highest BCUT2D eigenvalue weighted by molar-refractivity contribution is 5.21. The van der Waals surface area contributed by atoms with Gasteiger partial charge in [0.15, 0.2) is 11.6 Å². The lowest BCUT2D eigenvalue weighted by molar-refractivity contribution is 0.153. The summed E-state index contributed by atoms with van der Waals surface area (Å²) >= 11 is 0. The molecule has 0 aromatic heterocycles. The maximum atomic E-state index is 13.2. The number of hydrogen-bond donors (Lipinski definition) is 2. The fraction of sp³-hybridized carbons (Fsp3) is 0.571. The van der Waals surface area contributed by atoms with Crippen molar-refractivity contribution in [3.05, 3.63) is 35.4 Å². The number of aliphatic hydroxyl groups is 1. The van der Waals surface area contributed by atoms with Gasteiger partial charge in [-0.15, -0.1) is 0 Å². The van der Waals surface area contributed by atoms with Gasteiger partial charge in [0.05, 0.1) is 12.6 Å². The Balaban J connectivity index is 2.04. The van der Waals surface area contributed by atoms with Crippen molar-refractivity contribution in [2.75, 3.05) is 26.9 Å². The van der Waals surface area contributed by atoms with Crippen LogP contribution in [0, 0.1) is 17.0 Å². The zero-order chi connectivity index (χ0) is 13.9. The van der Waals surface area contributed by atoms with Gasteiger partial charge in [-0.2, -0.15) is 0 Å². The molecule has 0 spiro atoms. The number of hydrogen-bond acceptors (Lipinski definition) is 3. The molecule has 0 amide bonds. The molecule has 3 nitrogen and oxygen atoms in total. The highest BCUT2D eigenvalue weighted by Gasteiger charge is 2.41. The van der Waals surface area contributed by atoms with E-state index in [1.165, 1.54) is 6.07 Å². The van der Waals surface area contributed by atoms with Gasteiger partial charge in [-0.3, -0.25) is 0 Å². The summed E-state index contributed by atoms with van der Waals surface area (Å²) in [6, 6.07) is 3.65. The molecular formula is C14H19F2NO2. The molecule has 1 aliphatic rings. The third kappa shape index (κ3) is 3.49. The first-order valence-electron chi connectivity index (χ1n) is 6.38. The predicted molar refractivity (Wildman–Crippen MR) is 67.7 cm³/mol. The molecule has 19 heavy (non-hydrogen) atoms. The Morgan fingerprint density at radius 1 is 1.37 bits per heavy atom. The molecule has 1 fully saturated rings. The van der Waals surface area contributed by atoms with Crippen molar-refractivity contribution in [2.24, 2.45) is 5.41 Å². The minimum Gasteiger partial charge on any atom is -0.396 e. The van der Waals surface area contributed by atoms with Crippen LogP contribution in [0.5, 0.6) is 0 Å². The standard InChI is InChI=1S/C14H19F2NO2/c1-19-7-13(17-8-14(9-18)4-5-14)10-2-3-11(15)12(16)6-10/h2-3,6,13,17-18H,4-5,7-9H2,1H3. The normalized spacial score (nSPS) is 18.3. The summed E-state index contributed by atoms with van der Waals surface area (Å²) in [5.41, 5.74) is 0.611. The van der Waals surface area contributed by atoms with Crippen LogP contribution in [0.3, 0.4) is 0 Å². The van der Waals surface area contributed by atoms with Crippen LogP contribution >= 0.6 is 0 Å². The number of methoxy groups -OCH3 is 1. The van der Waals surface area contributed by atoms with Gasteiger partial charge in [0.25, 0.3) is 0 Å². The summed E-state index contributed by atoms with van der Waals surface area (Å²) in [7, 11) is 1.56. The molecular weight excluding hydrogens is 252 g/mol. The molecule has 0 saturated heterocycles. The van der Waals surface area contributed by atoms with Crippen molar-refractivity contribution in [1.29, 1.82) is 0 Å². The Morgan fingerprint density at radius 3 is 2.63 bits per heavy atom. The van der Waals surface area contributed by atoms with E-state index in [4.69, 9.17) is 4.74 Å². The molecule has 0 radical (unpaired) electrons. The monoisotopic (exact) mass is 271 g/mol. The van der Waals surface area contributed by atoms with E-state index in [0.29, 0.717) is 18.7 Å². The second kappa shape index (κ2) is 5.94. The Labute approximate surface area is 111 Å². The summed E-state index contributed by atoms with van der Waals surface area (Å²) in [5.74, 6) is -1.71. The largest absolute Gasteiger partial charge is 0.396 e. The fourth-order valence-electron chi connectivity index (χ4n) is 2.08. The van der Waals surface area contributed by atoms with E-state index in [1.807, 2.05) is 0 Å². The molecule has 1 saturated carbocycles. The molecule has 0 aliphatic heterocycles. The summed E-state index contributed by atoms with van der Waals surface area (Å²) in [6.45, 7) is 1.17. The number of nitrogens with one attached hydrogen (secondary N) is 1. The third-order valence-electron chi connectivity index (χ3n) is 3.70. The fourth-order valence-corrected chi connectivity index (χ4v) is 2.08. The summed E-state index contributed by atoms with van der Waals surface area (Å²) < 4.78 is 31.3. The van der Waals surface area contributed by atoms with Gasteiger partial charge < -0.3 is 15.2 Å². The second-order valence-electron chi connectivity index (χ2n) is 5.22. The minimum atomic E-state index is -0.858. The van der Waals surface area contributed by atoms with Crippen LogP contribution in [-0.2, 0) is 4.74 Å². The molecule has 5 heteroatoms. The molecule has 1 aromatic carbocycles. The quantitative estimate of drug-likeness (QED) is 0.797. The lowest BCUT2D eigenvalue weighted by Gasteiger charge is -2.21. The van der Waals surface area contributed by atoms with Gasteiger partial charge in [0.1, 0.15) is 0 Å². The summed E-state index contributed by atoms with van der Waals surface area (Å²) in [5, 5.41) is 12.5. The van der Waals surface area contributed by atoms with E-state index >= 15 is 0 Å². The molecule has 1 aliphatic carbocycles. The number of aliphatic hydroxyl groups excluding tert-OH is 1. The van der Waals surface area contributed by atoms with Gasteiger partial charge in [-0.1, -0.05) is 6.07 Å². The highest BCUT2D eigenvalue weighted by atomic mass is 19.2. The molecule has 106 valence electrons. The van der Waals surface area contributed by atoms with Gasteiger partial charge in [0.2, 0.25) is 0 Å². The SMILES string of the molecule is COCC(NCC1(CO)CC1)c1ccc(F)c(F)c1. The van der Waals surface area contributed by atoms with Crippen molar-refractivity contribution >= 4 is 0 Å². The number of benzene rings is 1. The van der Waals surface area contributed by atoms with Crippen molar-refractivity contribution in [3.63, 3.8) is 0 Å². The van der Waals surface area contributed by atoms with E-state index in [9.17, 15) is 13.9 Å². The first kappa shape index (κ1) is 14.4. The van der Waals surface area contributed by atoms with Crippen LogP contribution in [0.15, 0.2) is 18.2 Å². The van der Waals surface area contributed by atoms with Crippen LogP contribution in [0.1, 0.15) is 24.4 Å². The number of rotatable bonds is 7. The third-order valence-corrected chi connectivity index (χ3v) is 3.70. The van der Waals surface area contributed by atoms with Gasteiger partial charge in [0, 0.05) is 25.7 Å². The van der Waals surface area contributed by atoms with E-state index in [-0.39, 0.29) is 18.1 Å². The molecule has 1 aromatic rings. The Morgan fingerprint density at radius 2 is 2.11 bits per heavy atom. The van der Waals surface area contributed by atoms with Crippen molar-refractivity contribution in [2.45, 2.75) is 18.9 Å². The zero-order valence-electron chi connectivity index (χ0n) is 11.0. The Kier molecular flexibility index (Phi) is 4.50. The van der Waals surface area contributed by atoms with E-state index in [0.717, 1.165) is 18.9 Å². The average molecular weight is 271 g/mol. The van der Waals surface area contributed by atoms with E-state index < -0.39 is 11.6 Å². The number of halogens is 2. The maximum absolute atomic E-state index is 13.2. The first-order chi connectivity index (χ1) is 9.10. The minimum absolute atomic E-state index is 0.0371. The van der Waals surface area contributed by atoms with Gasteiger partial charge >= 0.3 is 0 Å². The smallest absolute Gasteiger partial charge is 0.159 e. The second-order valence-corrected chi connectivity index (χ2v) is 5.22. The summed E-state index contributed by atoms with van der Waals surface area (Å²) in [6.07, 6.45) is 1.99. The Bertz CT molecular complexity index is 435. The molecule has 1 unspecified atom stereocenters. The molecule has 2 rings (SSSR count). The molecule has 0 bridgehead atoms. The highest BCUT2D eigenvalue weighted by Crippen LogP contribution is 2.44. The molecule has 1 atom stereocenters. The Hall–Kier alpha value is -1.04. The van der Waals surface area contributed by atoms with Crippen LogP contribution in [0.2, 0.25) is 0 Å². The topological polar surface area (TPSA) is 41.5 Å². The first-order valence-corrected chi connectivity index (χ1v) is 6.38. The summed E-state index contributed by atoms with van der Waals surface area (Å²) in [4.78, 5) is 0. The van der Waals surface area contributed by atoms with E-state index in [2.05, 4.69) is 5.32 Å². The predicted octanol–water partition coefficient (Wildman–Crippen LogP) is 2.01. The van der Waals surface area contributed by atoms with Crippen LogP contribution in [-0.4, -0.2) is 32.0 Å². The number of ether oxygens (including phenoxy) is 1. The zero-order valence-corrected chi connectivity index (χ0v) is 11.0. The van der Waals surface area contributed by atoms with E-state index in [1.54, 1.807) is 13.2 Å². The molecule has 0 heterocycles. The van der Waals surface area contributed by atoms with Gasteiger partial charge in [-0.25, -0.2) is 8.78 Å². The maximum Gasteiger partial charge on any atom is 0.159 e. The van der Waals surface area contributed by atoms with Crippen LogP contribution < -0.4 is 5.32 Å². The van der Waals surface area contributed by atoms with Crippen molar-refractivity contribution < 1.29 is 18.6 Å². The van der Waals surface area contributed by atoms with Gasteiger partial charge in [-0.05, 0) is 30.5 Å². The van der Waals surface area contributed by atoms with Crippen molar-refractivity contribution in [1.82, 2.24) is 5.32 Å². The average Bonchev–Trinajstić information content (AvgIpc) is 3.18.